The van der Waals surface area contributed by atoms with Gasteiger partial charge in [0.15, 0.2) is 0 Å². The van der Waals surface area contributed by atoms with Crippen molar-refractivity contribution in [3.63, 3.8) is 0 Å². The molecule has 4 N–H and O–H groups in total. The van der Waals surface area contributed by atoms with Gasteiger partial charge in [0.25, 0.3) is 0 Å². The van der Waals surface area contributed by atoms with E-state index in [-0.39, 0.29) is 11.8 Å². The molecule has 116 valence electrons. The van der Waals surface area contributed by atoms with E-state index in [1.54, 1.807) is 12.1 Å². The Morgan fingerprint density at radius 1 is 1.33 bits per heavy atom. The van der Waals surface area contributed by atoms with Gasteiger partial charge in [-0.1, -0.05) is 13.8 Å². The van der Waals surface area contributed by atoms with Gasteiger partial charge in [-0.3, -0.25) is 9.59 Å². The van der Waals surface area contributed by atoms with Crippen LogP contribution in [-0.4, -0.2) is 23.5 Å². The maximum atomic E-state index is 11.1. The van der Waals surface area contributed by atoms with Crippen molar-refractivity contribution in [1.29, 1.82) is 0 Å². The molecule has 0 heterocycles. The molecule has 1 amide bonds. The molecule has 0 unspecified atom stereocenters. The number of nitrogens with one attached hydrogen (secondary N) is 1. The minimum absolute atomic E-state index is 0.0320. The molecule has 1 aromatic rings. The minimum Gasteiger partial charge on any atom is -0.481 e. The molecule has 1 rings (SSSR count). The molecule has 6 heteroatoms. The van der Waals surface area contributed by atoms with Gasteiger partial charge in [0.2, 0.25) is 5.91 Å². The summed E-state index contributed by atoms with van der Waals surface area (Å²) < 4.78 is 0.658. The number of amides is 1. The highest BCUT2D eigenvalue weighted by atomic mass is 79.9. The van der Waals surface area contributed by atoms with Crippen molar-refractivity contribution in [1.82, 2.24) is 0 Å². The summed E-state index contributed by atoms with van der Waals surface area (Å²) in [6, 6.07) is 5.28. The van der Waals surface area contributed by atoms with Crippen LogP contribution in [0.2, 0.25) is 0 Å². The van der Waals surface area contributed by atoms with E-state index >= 15 is 0 Å². The molecular formula is C15H21BrN2O3. The summed E-state index contributed by atoms with van der Waals surface area (Å²) in [5.41, 5.74) is 6.55. The lowest BCUT2D eigenvalue weighted by Gasteiger charge is -2.24. The van der Waals surface area contributed by atoms with Crippen molar-refractivity contribution in [3.8, 4) is 0 Å². The minimum atomic E-state index is -0.762. The number of anilines is 1. The lowest BCUT2D eigenvalue weighted by atomic mass is 9.84. The van der Waals surface area contributed by atoms with Crippen molar-refractivity contribution in [3.05, 3.63) is 28.2 Å². The molecule has 0 atom stereocenters. The average Bonchev–Trinajstić information content (AvgIpc) is 2.36. The zero-order chi connectivity index (χ0) is 16.0. The van der Waals surface area contributed by atoms with Crippen LogP contribution in [0.5, 0.6) is 0 Å². The summed E-state index contributed by atoms with van der Waals surface area (Å²) in [6.45, 7) is 4.85. The second-order valence-corrected chi connectivity index (χ2v) is 6.65. The normalized spacial score (nSPS) is 11.2. The van der Waals surface area contributed by atoms with Crippen LogP contribution in [0.25, 0.3) is 0 Å². The molecule has 0 aliphatic heterocycles. The van der Waals surface area contributed by atoms with Crippen molar-refractivity contribution in [2.24, 2.45) is 11.1 Å². The number of nitrogens with two attached hydrogens (primary N) is 1. The number of carboxylic acids is 1. The van der Waals surface area contributed by atoms with Gasteiger partial charge >= 0.3 is 5.97 Å². The predicted molar refractivity (Wildman–Crippen MR) is 86.4 cm³/mol. The Hall–Kier alpha value is -1.56. The number of hydrogen-bond donors (Lipinski definition) is 3. The van der Waals surface area contributed by atoms with Gasteiger partial charge < -0.3 is 16.2 Å². The summed E-state index contributed by atoms with van der Waals surface area (Å²) in [5.74, 6) is -1.23. The molecule has 0 aliphatic rings. The Bertz CT molecular complexity index is 530. The number of benzene rings is 1. The van der Waals surface area contributed by atoms with Gasteiger partial charge in [-0.2, -0.15) is 0 Å². The van der Waals surface area contributed by atoms with Crippen molar-refractivity contribution in [2.75, 3.05) is 11.9 Å². The van der Waals surface area contributed by atoms with Crippen LogP contribution in [0.15, 0.2) is 22.7 Å². The van der Waals surface area contributed by atoms with E-state index in [9.17, 15) is 9.59 Å². The van der Waals surface area contributed by atoms with E-state index in [0.29, 0.717) is 16.5 Å². The molecule has 0 saturated heterocycles. The Morgan fingerprint density at radius 3 is 2.52 bits per heavy atom. The van der Waals surface area contributed by atoms with Gasteiger partial charge in [0, 0.05) is 23.1 Å². The van der Waals surface area contributed by atoms with Crippen LogP contribution in [0.1, 0.15) is 43.5 Å². The van der Waals surface area contributed by atoms with Crippen LogP contribution < -0.4 is 11.1 Å². The zero-order valence-corrected chi connectivity index (χ0v) is 13.9. The number of carboxylic acid groups (broad SMARTS) is 1. The Kier molecular flexibility index (Phi) is 6.20. The first-order chi connectivity index (χ1) is 9.71. The number of halogens is 1. The molecule has 0 spiro atoms. The number of rotatable bonds is 8. The van der Waals surface area contributed by atoms with Gasteiger partial charge in [0.1, 0.15) is 0 Å². The summed E-state index contributed by atoms with van der Waals surface area (Å²) >= 11 is 3.31. The highest BCUT2D eigenvalue weighted by Crippen LogP contribution is 2.27. The summed E-state index contributed by atoms with van der Waals surface area (Å²) in [5, 5.41) is 12.0. The Morgan fingerprint density at radius 2 is 2.00 bits per heavy atom. The van der Waals surface area contributed by atoms with Crippen LogP contribution in [-0.2, 0) is 4.79 Å². The standard InChI is InChI=1S/C15H21BrN2O3/c1-15(2,6-5-13(19)20)7-8-18-10-3-4-11(14(17)21)12(16)9-10/h3-4,9,18H,5-8H2,1-2H3,(H2,17,21)(H,19,20). The predicted octanol–water partition coefficient (Wildman–Crippen LogP) is 3.24. The van der Waals surface area contributed by atoms with E-state index in [1.165, 1.54) is 0 Å². The molecule has 0 radical (unpaired) electrons. The summed E-state index contributed by atoms with van der Waals surface area (Å²) in [7, 11) is 0. The molecule has 0 aromatic heterocycles. The van der Waals surface area contributed by atoms with Gasteiger partial charge in [-0.25, -0.2) is 0 Å². The largest absolute Gasteiger partial charge is 0.481 e. The topological polar surface area (TPSA) is 92.4 Å². The number of primary amides is 1. The quantitative estimate of drug-likeness (QED) is 0.666. The van der Waals surface area contributed by atoms with Crippen LogP contribution >= 0.6 is 15.9 Å². The lowest BCUT2D eigenvalue weighted by molar-refractivity contribution is -0.137. The number of aliphatic carboxylic acids is 1. The zero-order valence-electron chi connectivity index (χ0n) is 12.3. The first kappa shape index (κ1) is 17.5. The smallest absolute Gasteiger partial charge is 0.303 e. The fourth-order valence-corrected chi connectivity index (χ4v) is 2.51. The van der Waals surface area contributed by atoms with Gasteiger partial charge in [-0.05, 0) is 52.4 Å². The highest BCUT2D eigenvalue weighted by Gasteiger charge is 2.18. The third kappa shape index (κ3) is 6.16. The molecule has 1 aromatic carbocycles. The molecule has 21 heavy (non-hydrogen) atoms. The number of carbonyl (C=O) groups is 2. The maximum absolute atomic E-state index is 11.1. The third-order valence-corrected chi connectivity index (χ3v) is 4.04. The van der Waals surface area contributed by atoms with Gasteiger partial charge in [0.05, 0.1) is 5.56 Å². The highest BCUT2D eigenvalue weighted by molar-refractivity contribution is 9.10. The van der Waals surface area contributed by atoms with E-state index in [2.05, 4.69) is 35.1 Å². The van der Waals surface area contributed by atoms with E-state index in [0.717, 1.165) is 18.7 Å². The van der Waals surface area contributed by atoms with E-state index < -0.39 is 11.9 Å². The molecule has 0 saturated carbocycles. The first-order valence-electron chi connectivity index (χ1n) is 6.76. The third-order valence-electron chi connectivity index (χ3n) is 3.38. The summed E-state index contributed by atoms with van der Waals surface area (Å²) in [4.78, 5) is 21.7. The summed E-state index contributed by atoms with van der Waals surface area (Å²) in [6.07, 6.45) is 1.69. The maximum Gasteiger partial charge on any atom is 0.303 e. The van der Waals surface area contributed by atoms with Crippen LogP contribution in [0.3, 0.4) is 0 Å². The number of carbonyl (C=O) groups excluding carboxylic acids is 1. The monoisotopic (exact) mass is 356 g/mol. The fraction of sp³-hybridized carbons (Fsp3) is 0.467. The SMILES string of the molecule is CC(C)(CCNc1ccc(C(N)=O)c(Br)c1)CCC(=O)O. The van der Waals surface area contributed by atoms with Crippen molar-refractivity contribution < 1.29 is 14.7 Å². The van der Waals surface area contributed by atoms with E-state index in [1.807, 2.05) is 6.07 Å². The van der Waals surface area contributed by atoms with Crippen LogP contribution in [0, 0.1) is 5.41 Å². The lowest BCUT2D eigenvalue weighted by Crippen LogP contribution is -2.18. The second kappa shape index (κ2) is 7.45. The second-order valence-electron chi connectivity index (χ2n) is 5.79. The fourth-order valence-electron chi connectivity index (χ4n) is 1.94. The van der Waals surface area contributed by atoms with Crippen LogP contribution in [0.4, 0.5) is 5.69 Å². The Balaban J connectivity index is 2.50. The van der Waals surface area contributed by atoms with E-state index in [4.69, 9.17) is 10.8 Å². The molecule has 0 aliphatic carbocycles. The number of hydrogen-bond acceptors (Lipinski definition) is 3. The van der Waals surface area contributed by atoms with Crippen molar-refractivity contribution in [2.45, 2.75) is 33.1 Å². The molecule has 0 fully saturated rings. The molecule has 0 bridgehead atoms. The molecule has 5 nitrogen and oxygen atoms in total. The Labute approximate surface area is 133 Å². The average molecular weight is 357 g/mol. The van der Waals surface area contributed by atoms with Gasteiger partial charge in [-0.15, -0.1) is 0 Å². The first-order valence-corrected chi connectivity index (χ1v) is 7.55. The van der Waals surface area contributed by atoms with Crippen molar-refractivity contribution >= 4 is 33.5 Å². The molecular weight excluding hydrogens is 336 g/mol.